The van der Waals surface area contributed by atoms with Crippen molar-refractivity contribution in [3.8, 4) is 0 Å². The van der Waals surface area contributed by atoms with Gasteiger partial charge in [0.15, 0.2) is 0 Å². The van der Waals surface area contributed by atoms with Crippen molar-refractivity contribution < 1.29 is 130 Å². The number of carbonyl (C=O) groups is 1. The summed E-state index contributed by atoms with van der Waals surface area (Å²) in [5.41, 5.74) is 0. The van der Waals surface area contributed by atoms with Crippen LogP contribution in [0.1, 0.15) is 90.4 Å². The fourth-order valence-electron chi connectivity index (χ4n) is 2.60. The molecule has 0 N–H and O–H groups in total. The van der Waals surface area contributed by atoms with Gasteiger partial charge in [0.1, 0.15) is 0 Å². The van der Waals surface area contributed by atoms with Crippen LogP contribution in [-0.4, -0.2) is 25.0 Å². The first-order valence-electron chi connectivity index (χ1n) is 9.34. The fourth-order valence-corrected chi connectivity index (χ4v) is 3.11. The van der Waals surface area contributed by atoms with Gasteiger partial charge in [-0.1, -0.05) is 64.0 Å². The molecule has 0 aromatic heterocycles. The quantitative estimate of drug-likeness (QED) is 0.0775. The Morgan fingerprint density at radius 3 is 2.15 bits per heavy atom. The van der Waals surface area contributed by atoms with Gasteiger partial charge >= 0.3 is 103 Å². The zero-order valence-electron chi connectivity index (χ0n) is 17.3. The summed E-state index contributed by atoms with van der Waals surface area (Å²) in [7, 11) is -4.66. The van der Waals surface area contributed by atoms with Gasteiger partial charge in [0.25, 0.3) is 0 Å². The number of hydrogen-bond acceptors (Lipinski definition) is 6. The molecule has 0 aromatic rings. The van der Waals surface area contributed by atoms with Gasteiger partial charge in [0.05, 0.1) is 6.10 Å². The number of carboxylic acid groups (broad SMARTS) is 1. The first-order valence-corrected chi connectivity index (χ1v) is 10.7. The van der Waals surface area contributed by atoms with E-state index in [2.05, 4.69) is 11.1 Å². The second kappa shape index (κ2) is 23.0. The monoisotopic (exact) mass is 454 g/mol. The third-order valence-electron chi connectivity index (χ3n) is 3.95. The van der Waals surface area contributed by atoms with Gasteiger partial charge in [0.2, 0.25) is 10.4 Å². The maximum absolute atomic E-state index is 10.8. The van der Waals surface area contributed by atoms with E-state index in [-0.39, 0.29) is 109 Å². The molecule has 27 heavy (non-hydrogen) atoms. The van der Waals surface area contributed by atoms with Crippen LogP contribution in [0.3, 0.4) is 0 Å². The molecular weight excluding hydrogens is 422 g/mol. The molecule has 0 saturated carbocycles. The van der Waals surface area contributed by atoms with E-state index in [1.807, 2.05) is 12.2 Å². The van der Waals surface area contributed by atoms with Gasteiger partial charge in [0, 0.05) is 5.97 Å². The van der Waals surface area contributed by atoms with Gasteiger partial charge in [-0.2, -0.15) is 0 Å². The van der Waals surface area contributed by atoms with Gasteiger partial charge in [-0.05, 0) is 38.5 Å². The van der Waals surface area contributed by atoms with Crippen LogP contribution < -0.4 is 108 Å². The van der Waals surface area contributed by atoms with Gasteiger partial charge in [-0.25, -0.2) is 8.42 Å². The molecule has 0 radical (unpaired) electrons. The summed E-state index contributed by atoms with van der Waals surface area (Å²) in [5, 5.41) is 10.3. The summed E-state index contributed by atoms with van der Waals surface area (Å²) < 4.78 is 37.0. The van der Waals surface area contributed by atoms with E-state index >= 15 is 0 Å². The number of rotatable bonds is 17. The predicted molar refractivity (Wildman–Crippen MR) is 94.4 cm³/mol. The average Bonchev–Trinajstić information content (AvgIpc) is 2.51. The third-order valence-corrected chi connectivity index (χ3v) is 4.46. The van der Waals surface area contributed by atoms with E-state index in [0.717, 1.165) is 57.8 Å². The Hall–Kier alpha value is 2.35. The fraction of sp³-hybridized carbons (Fsp3) is 0.833. The topological polar surface area (TPSA) is 107 Å². The summed E-state index contributed by atoms with van der Waals surface area (Å²) in [4.78, 5) is 10.3. The second-order valence-corrected chi connectivity index (χ2v) is 7.37. The standard InChI is InChI=1S/C18H34O6S.2K/c1-2-3-4-11-14-17(24-25(21,22)23)15-12-9-7-5-6-8-10-13-16-18(19)20;;/h9,12,17H,2-8,10-11,13-16H2,1H3,(H,19,20)(H,21,22,23);;/q;2*+1/p-2. The molecule has 0 rings (SSSR count). The maximum atomic E-state index is 10.8. The Balaban J connectivity index is -0.00000288. The van der Waals surface area contributed by atoms with Crippen LogP contribution in [0.15, 0.2) is 12.2 Å². The molecule has 1 unspecified atom stereocenters. The van der Waals surface area contributed by atoms with Crippen LogP contribution in [0.5, 0.6) is 0 Å². The first-order chi connectivity index (χ1) is 11.8. The van der Waals surface area contributed by atoms with Gasteiger partial charge < -0.3 is 14.5 Å². The minimum Gasteiger partial charge on any atom is -0.726 e. The summed E-state index contributed by atoms with van der Waals surface area (Å²) in [6.07, 6.45) is 14.0. The Morgan fingerprint density at radius 2 is 1.56 bits per heavy atom. The molecular formula is C18H32K2O6S. The van der Waals surface area contributed by atoms with Crippen molar-refractivity contribution in [2.45, 2.75) is 96.5 Å². The smallest absolute Gasteiger partial charge is 0.726 e. The molecule has 9 heteroatoms. The summed E-state index contributed by atoms with van der Waals surface area (Å²) in [5.74, 6) is -0.991. The van der Waals surface area contributed by atoms with Crippen molar-refractivity contribution in [3.05, 3.63) is 12.2 Å². The van der Waals surface area contributed by atoms with Crippen molar-refractivity contribution >= 4 is 16.4 Å². The van der Waals surface area contributed by atoms with Crippen LogP contribution in [-0.2, 0) is 19.4 Å². The van der Waals surface area contributed by atoms with Gasteiger partial charge in [-0.15, -0.1) is 0 Å². The number of carbonyl (C=O) groups excluding carboxylic acids is 1. The van der Waals surface area contributed by atoms with Gasteiger partial charge in [-0.3, -0.25) is 4.18 Å². The Labute approximate surface area is 250 Å². The average molecular weight is 455 g/mol. The molecule has 0 spiro atoms. The third kappa shape index (κ3) is 28.4. The molecule has 0 saturated heterocycles. The van der Waals surface area contributed by atoms with Crippen LogP contribution in [0.4, 0.5) is 0 Å². The zero-order valence-corrected chi connectivity index (χ0v) is 24.3. The number of allylic oxidation sites excluding steroid dienone is 1. The van der Waals surface area contributed by atoms with Crippen LogP contribution >= 0.6 is 0 Å². The van der Waals surface area contributed by atoms with E-state index in [1.165, 1.54) is 0 Å². The summed E-state index contributed by atoms with van der Waals surface area (Å²) in [6.45, 7) is 2.10. The largest absolute Gasteiger partial charge is 1.00 e. The van der Waals surface area contributed by atoms with Crippen molar-refractivity contribution in [2.24, 2.45) is 0 Å². The number of hydrogen-bond donors (Lipinski definition) is 0. The summed E-state index contributed by atoms with van der Waals surface area (Å²) in [6, 6.07) is 0. The molecule has 0 aliphatic rings. The minimum absolute atomic E-state index is 0. The zero-order chi connectivity index (χ0) is 19.0. The molecule has 1 atom stereocenters. The number of carboxylic acids is 1. The Bertz CT molecular complexity index is 468. The maximum Gasteiger partial charge on any atom is 1.00 e. The Morgan fingerprint density at radius 1 is 0.963 bits per heavy atom. The van der Waals surface area contributed by atoms with E-state index in [1.54, 1.807) is 0 Å². The summed E-state index contributed by atoms with van der Waals surface area (Å²) >= 11 is 0. The van der Waals surface area contributed by atoms with Crippen LogP contribution in [0.2, 0.25) is 0 Å². The number of aliphatic carboxylic acids is 1. The molecule has 6 nitrogen and oxygen atoms in total. The van der Waals surface area contributed by atoms with E-state index in [4.69, 9.17) is 0 Å². The van der Waals surface area contributed by atoms with Crippen molar-refractivity contribution in [1.82, 2.24) is 0 Å². The van der Waals surface area contributed by atoms with E-state index in [9.17, 15) is 22.9 Å². The number of unbranched alkanes of at least 4 members (excludes halogenated alkanes) is 8. The molecule has 0 bridgehead atoms. The first kappa shape index (κ1) is 34.0. The molecule has 0 amide bonds. The van der Waals surface area contributed by atoms with Crippen molar-refractivity contribution in [1.29, 1.82) is 0 Å². The predicted octanol–water partition coefficient (Wildman–Crippen LogP) is -2.76. The molecule has 0 aliphatic carbocycles. The second-order valence-electron chi connectivity index (χ2n) is 6.36. The van der Waals surface area contributed by atoms with Crippen LogP contribution in [0.25, 0.3) is 0 Å². The van der Waals surface area contributed by atoms with Crippen molar-refractivity contribution in [2.75, 3.05) is 0 Å². The molecule has 0 heterocycles. The van der Waals surface area contributed by atoms with E-state index < -0.39 is 22.5 Å². The SMILES string of the molecule is CCCCCCC(CC=CCCCCCCCC(=O)[O-])OS(=O)(=O)[O-].[K+].[K+]. The minimum atomic E-state index is -4.66. The van der Waals surface area contributed by atoms with Crippen LogP contribution in [0, 0.1) is 0 Å². The molecule has 0 fully saturated rings. The molecule has 0 aliphatic heterocycles. The Kier molecular flexibility index (Phi) is 29.0. The van der Waals surface area contributed by atoms with Crippen molar-refractivity contribution in [3.63, 3.8) is 0 Å². The molecule has 148 valence electrons. The van der Waals surface area contributed by atoms with E-state index in [0.29, 0.717) is 19.3 Å². The molecule has 0 aromatic carbocycles. The normalized spacial score (nSPS) is 12.4.